The molecule has 6 heteroatoms. The Morgan fingerprint density at radius 1 is 0.878 bits per heavy atom. The summed E-state index contributed by atoms with van der Waals surface area (Å²) in [5.74, 6) is -0.0755. The number of amides is 1. The lowest BCUT2D eigenvalue weighted by Crippen LogP contribution is -2.52. The summed E-state index contributed by atoms with van der Waals surface area (Å²) in [6.07, 6.45) is 1.17. The summed E-state index contributed by atoms with van der Waals surface area (Å²) in [7, 11) is 0. The van der Waals surface area contributed by atoms with Crippen molar-refractivity contribution in [1.82, 2.24) is 4.90 Å². The van der Waals surface area contributed by atoms with Gasteiger partial charge in [-0.3, -0.25) is 4.90 Å². The minimum Gasteiger partial charge on any atom is -0.448 e. The largest absolute Gasteiger partial charge is 0.448 e. The minimum absolute atomic E-state index is 0.0755. The molecule has 4 aromatic carbocycles. The highest BCUT2D eigenvalue weighted by Gasteiger charge is 2.44. The molecule has 6 rings (SSSR count). The van der Waals surface area contributed by atoms with Gasteiger partial charge in [-0.15, -0.1) is 6.58 Å². The topological polar surface area (TPSA) is 59.0 Å². The van der Waals surface area contributed by atoms with E-state index < -0.39 is 24.3 Å². The van der Waals surface area contributed by atoms with Crippen molar-refractivity contribution >= 4 is 17.7 Å². The zero-order valence-electron chi connectivity index (χ0n) is 22.7. The molecular formula is C35H32ClNO4. The van der Waals surface area contributed by atoms with Gasteiger partial charge in [-0.05, 0) is 57.5 Å². The van der Waals surface area contributed by atoms with Crippen LogP contribution in [0.3, 0.4) is 0 Å². The number of aliphatic hydroxyl groups excluding tert-OH is 1. The number of ether oxygens (including phenoxy) is 2. The van der Waals surface area contributed by atoms with Crippen LogP contribution in [0.1, 0.15) is 52.3 Å². The first-order valence-electron chi connectivity index (χ1n) is 13.9. The van der Waals surface area contributed by atoms with Crippen molar-refractivity contribution in [1.29, 1.82) is 0 Å². The second-order valence-corrected chi connectivity index (χ2v) is 10.9. The molecule has 0 saturated heterocycles. The van der Waals surface area contributed by atoms with Gasteiger partial charge in [0.2, 0.25) is 0 Å². The second kappa shape index (κ2) is 11.9. The van der Waals surface area contributed by atoms with Crippen molar-refractivity contribution in [3.8, 4) is 11.1 Å². The van der Waals surface area contributed by atoms with E-state index in [1.807, 2.05) is 72.8 Å². The van der Waals surface area contributed by atoms with Crippen LogP contribution in [0.4, 0.5) is 4.79 Å². The molecule has 0 unspecified atom stereocenters. The van der Waals surface area contributed by atoms with Crippen molar-refractivity contribution in [3.05, 3.63) is 143 Å². The number of hydrogen-bond donors (Lipinski definition) is 1. The van der Waals surface area contributed by atoms with E-state index in [-0.39, 0.29) is 19.1 Å². The van der Waals surface area contributed by atoms with Crippen molar-refractivity contribution < 1.29 is 19.4 Å². The van der Waals surface area contributed by atoms with E-state index in [0.29, 0.717) is 18.1 Å². The average Bonchev–Trinajstić information content (AvgIpc) is 3.33. The number of rotatable bonds is 8. The molecule has 0 saturated carbocycles. The number of fused-ring (bicyclic) bond motifs is 4. The zero-order valence-corrected chi connectivity index (χ0v) is 23.4. The third kappa shape index (κ3) is 5.17. The summed E-state index contributed by atoms with van der Waals surface area (Å²) in [6, 6.07) is 30.9. The second-order valence-electron chi connectivity index (χ2n) is 10.5. The molecule has 1 amide bonds. The highest BCUT2D eigenvalue weighted by atomic mass is 35.5. The standard InChI is InChI=1S/C35H32ClNO4/c1-2-10-32-30-19-24(36)17-18-29(30)34(40-21-23-11-4-3-5-12-23)33(20-38)37(32)35(39)41-22-31-27-15-8-6-13-25(27)26-14-7-9-16-28(26)31/h2-9,11-19,31-34,38H,1,10,20-22H2/t32-,33-,34+/m0/s1. The van der Waals surface area contributed by atoms with Gasteiger partial charge in [-0.2, -0.15) is 0 Å². The maximum atomic E-state index is 14.0. The van der Waals surface area contributed by atoms with Gasteiger partial charge >= 0.3 is 6.09 Å². The quantitative estimate of drug-likeness (QED) is 0.221. The average molecular weight is 566 g/mol. The molecule has 0 fully saturated rings. The van der Waals surface area contributed by atoms with E-state index in [9.17, 15) is 9.90 Å². The SMILES string of the molecule is C=CC[C@H]1c2cc(Cl)ccc2[C@@H](OCc2ccccc2)[C@H](CO)N1C(=O)OCC1c2ccccc2-c2ccccc21. The molecule has 1 aliphatic carbocycles. The molecule has 1 N–H and O–H groups in total. The van der Waals surface area contributed by atoms with Crippen LogP contribution < -0.4 is 0 Å². The van der Waals surface area contributed by atoms with Gasteiger partial charge in [0.05, 0.1) is 25.3 Å². The summed E-state index contributed by atoms with van der Waals surface area (Å²) in [5, 5.41) is 11.3. The molecule has 5 nitrogen and oxygen atoms in total. The molecule has 3 atom stereocenters. The predicted octanol–water partition coefficient (Wildman–Crippen LogP) is 7.84. The van der Waals surface area contributed by atoms with Gasteiger partial charge in [0.25, 0.3) is 0 Å². The molecular weight excluding hydrogens is 534 g/mol. The monoisotopic (exact) mass is 565 g/mol. The molecule has 0 spiro atoms. The fourth-order valence-corrected chi connectivity index (χ4v) is 6.48. The first-order valence-corrected chi connectivity index (χ1v) is 14.3. The lowest BCUT2D eigenvalue weighted by Gasteiger charge is -2.45. The number of halogens is 1. The Balaban J connectivity index is 1.32. The molecule has 1 heterocycles. The van der Waals surface area contributed by atoms with Crippen LogP contribution in [0.15, 0.2) is 110 Å². The number of carbonyl (C=O) groups excluding carboxylic acids is 1. The first kappa shape index (κ1) is 27.3. The third-order valence-electron chi connectivity index (χ3n) is 8.15. The summed E-state index contributed by atoms with van der Waals surface area (Å²) in [6.45, 7) is 4.16. The Bertz CT molecular complexity index is 1510. The summed E-state index contributed by atoms with van der Waals surface area (Å²) < 4.78 is 12.5. The first-order chi connectivity index (χ1) is 20.1. The molecule has 0 radical (unpaired) electrons. The van der Waals surface area contributed by atoms with Crippen LogP contribution in [0.5, 0.6) is 0 Å². The number of nitrogens with zero attached hydrogens (tertiary/aromatic N) is 1. The predicted molar refractivity (Wildman–Crippen MR) is 161 cm³/mol. The summed E-state index contributed by atoms with van der Waals surface area (Å²) >= 11 is 6.45. The lowest BCUT2D eigenvalue weighted by atomic mass is 9.85. The van der Waals surface area contributed by atoms with Crippen molar-refractivity contribution in [2.75, 3.05) is 13.2 Å². The molecule has 208 valence electrons. The molecule has 4 aromatic rings. The number of hydrogen-bond acceptors (Lipinski definition) is 4. The van der Waals surface area contributed by atoms with Gasteiger partial charge in [0, 0.05) is 10.9 Å². The lowest BCUT2D eigenvalue weighted by molar-refractivity contribution is -0.0647. The summed E-state index contributed by atoms with van der Waals surface area (Å²) in [4.78, 5) is 15.6. The highest BCUT2D eigenvalue weighted by Crippen LogP contribution is 2.46. The summed E-state index contributed by atoms with van der Waals surface area (Å²) in [5.41, 5.74) is 7.38. The smallest absolute Gasteiger partial charge is 0.410 e. The van der Waals surface area contributed by atoms with Gasteiger partial charge < -0.3 is 14.6 Å². The molecule has 0 aromatic heterocycles. The fourth-order valence-electron chi connectivity index (χ4n) is 6.30. The van der Waals surface area contributed by atoms with Gasteiger partial charge in [-0.25, -0.2) is 4.79 Å². The van der Waals surface area contributed by atoms with E-state index >= 15 is 0 Å². The molecule has 1 aliphatic heterocycles. The van der Waals surface area contributed by atoms with Crippen molar-refractivity contribution in [2.45, 2.75) is 37.1 Å². The minimum atomic E-state index is -0.659. The van der Waals surface area contributed by atoms with Crippen LogP contribution in [-0.2, 0) is 16.1 Å². The van der Waals surface area contributed by atoms with Crippen LogP contribution >= 0.6 is 11.6 Å². The van der Waals surface area contributed by atoms with Crippen LogP contribution in [0.25, 0.3) is 11.1 Å². The van der Waals surface area contributed by atoms with Crippen LogP contribution in [-0.4, -0.2) is 35.4 Å². The van der Waals surface area contributed by atoms with Crippen molar-refractivity contribution in [2.24, 2.45) is 0 Å². The Labute approximate surface area is 245 Å². The fraction of sp³-hybridized carbons (Fsp3) is 0.229. The van der Waals surface area contributed by atoms with Gasteiger partial charge in [-0.1, -0.05) is 103 Å². The molecule has 2 aliphatic rings. The molecule has 0 bridgehead atoms. The normalized spacial score (nSPS) is 19.3. The van der Waals surface area contributed by atoms with E-state index in [4.69, 9.17) is 21.1 Å². The van der Waals surface area contributed by atoms with Crippen LogP contribution in [0, 0.1) is 0 Å². The van der Waals surface area contributed by atoms with E-state index in [1.54, 1.807) is 11.0 Å². The maximum absolute atomic E-state index is 14.0. The van der Waals surface area contributed by atoms with Crippen LogP contribution in [0.2, 0.25) is 5.02 Å². The van der Waals surface area contributed by atoms with E-state index in [1.165, 1.54) is 0 Å². The Hall–Kier alpha value is -3.90. The number of aliphatic hydroxyl groups is 1. The highest BCUT2D eigenvalue weighted by molar-refractivity contribution is 6.30. The third-order valence-corrected chi connectivity index (χ3v) is 8.39. The van der Waals surface area contributed by atoms with Crippen molar-refractivity contribution in [3.63, 3.8) is 0 Å². The Kier molecular flexibility index (Phi) is 7.93. The number of benzene rings is 4. The van der Waals surface area contributed by atoms with E-state index in [2.05, 4.69) is 30.8 Å². The molecule has 41 heavy (non-hydrogen) atoms. The Morgan fingerprint density at radius 3 is 2.20 bits per heavy atom. The zero-order chi connectivity index (χ0) is 28.3. The van der Waals surface area contributed by atoms with Gasteiger partial charge in [0.15, 0.2) is 0 Å². The number of carbonyl (C=O) groups is 1. The van der Waals surface area contributed by atoms with E-state index in [0.717, 1.165) is 38.9 Å². The maximum Gasteiger partial charge on any atom is 0.410 e. The van der Waals surface area contributed by atoms with Gasteiger partial charge in [0.1, 0.15) is 12.7 Å². The Morgan fingerprint density at radius 2 is 1.54 bits per heavy atom.